The van der Waals surface area contributed by atoms with Gasteiger partial charge in [0, 0.05) is 18.7 Å². The van der Waals surface area contributed by atoms with Crippen molar-refractivity contribution >= 4 is 18.0 Å². The average Bonchev–Trinajstić information content (AvgIpc) is 2.98. The molecule has 7 heteroatoms. The Kier molecular flexibility index (Phi) is 4.81. The van der Waals surface area contributed by atoms with E-state index in [0.717, 1.165) is 49.0 Å². The first-order valence-corrected chi connectivity index (χ1v) is 9.37. The second-order valence-electron chi connectivity index (χ2n) is 6.67. The van der Waals surface area contributed by atoms with Crippen LogP contribution < -0.4 is 14.8 Å². The van der Waals surface area contributed by atoms with Crippen molar-refractivity contribution in [3.05, 3.63) is 59.5 Å². The number of aromatic nitrogens is 4. The van der Waals surface area contributed by atoms with Crippen LogP contribution in [0.3, 0.4) is 0 Å². The topological polar surface area (TPSA) is 44.6 Å². The highest BCUT2D eigenvalue weighted by Crippen LogP contribution is 2.16. The lowest BCUT2D eigenvalue weighted by molar-refractivity contribution is -0.924. The van der Waals surface area contributed by atoms with Crippen molar-refractivity contribution in [3.8, 4) is 11.4 Å². The van der Waals surface area contributed by atoms with E-state index in [2.05, 4.69) is 34.1 Å². The summed E-state index contributed by atoms with van der Waals surface area (Å²) in [7, 11) is 1.99. The number of pyridine rings is 1. The van der Waals surface area contributed by atoms with E-state index in [1.807, 2.05) is 46.8 Å². The maximum atomic E-state index is 5.62. The summed E-state index contributed by atoms with van der Waals surface area (Å²) in [6.07, 6.45) is 1.98. The van der Waals surface area contributed by atoms with E-state index >= 15 is 0 Å². The second-order valence-corrected chi connectivity index (χ2v) is 7.04. The number of quaternary nitrogens is 1. The molecule has 3 heterocycles. The molecule has 6 nitrogen and oxygen atoms in total. The van der Waals surface area contributed by atoms with Crippen molar-refractivity contribution in [1.82, 2.24) is 14.3 Å². The van der Waals surface area contributed by atoms with Crippen molar-refractivity contribution in [1.29, 1.82) is 0 Å². The van der Waals surface area contributed by atoms with Gasteiger partial charge in [-0.1, -0.05) is 36.4 Å². The number of hydrogen-bond donors (Lipinski definition) is 1. The van der Waals surface area contributed by atoms with Gasteiger partial charge in [0.15, 0.2) is 12.5 Å². The van der Waals surface area contributed by atoms with E-state index in [0.29, 0.717) is 0 Å². The normalized spacial score (nSPS) is 15.3. The molecule has 2 N–H and O–H groups in total. The van der Waals surface area contributed by atoms with E-state index in [1.165, 1.54) is 10.7 Å². The van der Waals surface area contributed by atoms with Crippen molar-refractivity contribution in [2.24, 2.45) is 7.05 Å². The van der Waals surface area contributed by atoms with E-state index in [1.54, 1.807) is 0 Å². The third kappa shape index (κ3) is 3.40. The standard InChI is InChI=1S/C19H22N6S/c1-22-18(16-7-3-2-4-8-16)21-25(19(22)26)15-23-11-13-24(14-12-23)17-9-5-6-10-20-17/h2-10H,11-15H2,1H3/p+2. The fourth-order valence-corrected chi connectivity index (χ4v) is 3.64. The van der Waals surface area contributed by atoms with Crippen LogP contribution in [0.5, 0.6) is 0 Å². The van der Waals surface area contributed by atoms with Gasteiger partial charge in [-0.2, -0.15) is 4.68 Å². The molecule has 4 rings (SSSR count). The van der Waals surface area contributed by atoms with Gasteiger partial charge in [0.25, 0.3) is 5.82 Å². The first-order valence-electron chi connectivity index (χ1n) is 8.97. The molecule has 2 aromatic heterocycles. The van der Waals surface area contributed by atoms with Crippen molar-refractivity contribution in [2.45, 2.75) is 6.67 Å². The molecule has 26 heavy (non-hydrogen) atoms. The number of H-pyrrole nitrogens is 1. The molecule has 1 aromatic carbocycles. The molecule has 0 atom stereocenters. The molecular weight excluding hydrogens is 344 g/mol. The molecule has 0 unspecified atom stereocenters. The van der Waals surface area contributed by atoms with Gasteiger partial charge in [0.05, 0.1) is 6.20 Å². The van der Waals surface area contributed by atoms with Gasteiger partial charge >= 0.3 is 0 Å². The Labute approximate surface area is 158 Å². The summed E-state index contributed by atoms with van der Waals surface area (Å²) >= 11 is 5.62. The van der Waals surface area contributed by atoms with E-state index < -0.39 is 0 Å². The number of hydrogen-bond acceptors (Lipinski definition) is 3. The van der Waals surface area contributed by atoms with E-state index in [-0.39, 0.29) is 0 Å². The summed E-state index contributed by atoms with van der Waals surface area (Å²) in [6, 6.07) is 16.4. The van der Waals surface area contributed by atoms with Gasteiger partial charge in [0.1, 0.15) is 26.2 Å². The van der Waals surface area contributed by atoms with Crippen molar-refractivity contribution in [2.75, 3.05) is 31.1 Å². The van der Waals surface area contributed by atoms with Crippen LogP contribution in [-0.4, -0.2) is 40.5 Å². The van der Waals surface area contributed by atoms with E-state index in [9.17, 15) is 0 Å². The van der Waals surface area contributed by atoms with Crippen LogP contribution >= 0.6 is 12.2 Å². The Hall–Kier alpha value is -2.51. The van der Waals surface area contributed by atoms with Gasteiger partial charge in [-0.05, 0) is 18.3 Å². The Bertz CT molecular complexity index is 910. The Morgan fingerprint density at radius 2 is 1.81 bits per heavy atom. The van der Waals surface area contributed by atoms with Crippen LogP contribution in [0.15, 0.2) is 54.7 Å². The quantitative estimate of drug-likeness (QED) is 0.693. The minimum Gasteiger partial charge on any atom is -0.310 e. The zero-order valence-electron chi connectivity index (χ0n) is 14.9. The zero-order chi connectivity index (χ0) is 17.9. The summed E-state index contributed by atoms with van der Waals surface area (Å²) in [4.78, 5) is 7.22. The van der Waals surface area contributed by atoms with Crippen molar-refractivity contribution < 1.29 is 9.88 Å². The molecule has 134 valence electrons. The van der Waals surface area contributed by atoms with Gasteiger partial charge in [-0.3, -0.25) is 4.90 Å². The van der Waals surface area contributed by atoms with Crippen molar-refractivity contribution in [3.63, 3.8) is 0 Å². The Balaban J connectivity index is 1.45. The smallest absolute Gasteiger partial charge is 0.274 e. The largest absolute Gasteiger partial charge is 0.310 e. The van der Waals surface area contributed by atoms with Crippen LogP contribution in [0.25, 0.3) is 11.4 Å². The number of anilines is 1. The van der Waals surface area contributed by atoms with E-state index in [4.69, 9.17) is 17.3 Å². The predicted molar refractivity (Wildman–Crippen MR) is 103 cm³/mol. The minimum absolute atomic E-state index is 0.773. The second kappa shape index (κ2) is 7.39. The Morgan fingerprint density at radius 1 is 1.08 bits per heavy atom. The summed E-state index contributed by atoms with van der Waals surface area (Å²) in [5.41, 5.74) is 1.10. The summed E-state index contributed by atoms with van der Waals surface area (Å²) in [6.45, 7) is 5.01. The summed E-state index contributed by atoms with van der Waals surface area (Å²) in [5, 5.41) is 4.79. The Morgan fingerprint density at radius 3 is 2.50 bits per heavy atom. The number of piperazine rings is 1. The molecule has 1 aliphatic heterocycles. The molecule has 1 fully saturated rings. The lowest BCUT2D eigenvalue weighted by Gasteiger charge is -2.27. The minimum atomic E-state index is 0.773. The molecule has 3 aromatic rings. The monoisotopic (exact) mass is 368 g/mol. The average molecular weight is 369 g/mol. The summed E-state index contributed by atoms with van der Waals surface area (Å²) in [5.74, 6) is 2.11. The fraction of sp³-hybridized carbons (Fsp3) is 0.316. The van der Waals surface area contributed by atoms with Gasteiger partial charge in [-0.15, -0.1) is 5.10 Å². The molecule has 0 radical (unpaired) electrons. The lowest BCUT2D eigenvalue weighted by atomic mass is 10.2. The fourth-order valence-electron chi connectivity index (χ4n) is 3.44. The summed E-state index contributed by atoms with van der Waals surface area (Å²) < 4.78 is 4.74. The van der Waals surface area contributed by atoms with Gasteiger partial charge in [0.2, 0.25) is 4.77 Å². The van der Waals surface area contributed by atoms with Crippen LogP contribution in [0.4, 0.5) is 5.82 Å². The first kappa shape index (κ1) is 16.9. The highest BCUT2D eigenvalue weighted by atomic mass is 32.1. The number of nitrogens with one attached hydrogen (secondary N) is 2. The highest BCUT2D eigenvalue weighted by molar-refractivity contribution is 7.71. The van der Waals surface area contributed by atoms with Gasteiger partial charge in [-0.25, -0.2) is 4.98 Å². The third-order valence-electron chi connectivity index (χ3n) is 4.95. The molecule has 0 aliphatic carbocycles. The molecule has 0 saturated carbocycles. The molecule has 0 bridgehead atoms. The SMILES string of the molecule is Cn1c(-c2ccccc2)nn(C[NH+]2CCN(c3cccc[nH+]3)CC2)c1=S. The zero-order valence-corrected chi connectivity index (χ0v) is 15.7. The van der Waals surface area contributed by atoms with Crippen LogP contribution in [-0.2, 0) is 13.7 Å². The number of benzene rings is 1. The maximum Gasteiger partial charge on any atom is 0.274 e. The predicted octanol–water partition coefficient (Wildman–Crippen LogP) is 0.795. The van der Waals surface area contributed by atoms with Crippen LogP contribution in [0.2, 0.25) is 0 Å². The highest BCUT2D eigenvalue weighted by Gasteiger charge is 2.26. The first-order chi connectivity index (χ1) is 12.7. The third-order valence-corrected chi connectivity index (χ3v) is 5.43. The van der Waals surface area contributed by atoms with Gasteiger partial charge < -0.3 is 9.47 Å². The molecule has 1 saturated heterocycles. The van der Waals surface area contributed by atoms with Crippen LogP contribution in [0.1, 0.15) is 0 Å². The number of rotatable bonds is 4. The molecule has 0 amide bonds. The van der Waals surface area contributed by atoms with Crippen LogP contribution in [0, 0.1) is 4.77 Å². The molecule has 1 aliphatic rings. The molecular formula is C19H24N6S+2. The molecule has 0 spiro atoms. The number of nitrogens with zero attached hydrogens (tertiary/aromatic N) is 4. The lowest BCUT2D eigenvalue weighted by Crippen LogP contribution is -3.14. The maximum absolute atomic E-state index is 5.62. The number of aromatic amines is 1.